The Kier molecular flexibility index (Phi) is 7.94. The topological polar surface area (TPSA) is 84.8 Å². The highest BCUT2D eigenvalue weighted by molar-refractivity contribution is 5.94. The lowest BCUT2D eigenvalue weighted by atomic mass is 10.0. The first kappa shape index (κ1) is 21.1. The molecule has 0 bridgehead atoms. The van der Waals surface area contributed by atoms with Crippen LogP contribution in [0.25, 0.3) is 11.1 Å². The number of rotatable bonds is 9. The summed E-state index contributed by atoms with van der Waals surface area (Å²) in [4.78, 5) is 14.3. The Bertz CT molecular complexity index is 712. The highest BCUT2D eigenvalue weighted by atomic mass is 16.5. The molecule has 0 heterocycles. The number of carbonyl (C=O) groups excluding carboxylic acids is 1. The first-order valence-electron chi connectivity index (χ1n) is 9.16. The SMILES string of the molecule is CNC(NO)C(C)N(C)C(=O)c1ccc(-c2ccc(CCCO)cc2)cc1. The number of aliphatic hydroxyl groups is 1. The summed E-state index contributed by atoms with van der Waals surface area (Å²) in [5, 5.41) is 21.0. The molecule has 0 aliphatic rings. The van der Waals surface area contributed by atoms with Crippen molar-refractivity contribution in [2.45, 2.75) is 32.0 Å². The van der Waals surface area contributed by atoms with Crippen molar-refractivity contribution in [1.29, 1.82) is 0 Å². The van der Waals surface area contributed by atoms with Gasteiger partial charge < -0.3 is 20.5 Å². The van der Waals surface area contributed by atoms with Crippen LogP contribution in [0, 0.1) is 0 Å². The lowest BCUT2D eigenvalue weighted by Crippen LogP contribution is -2.54. The molecule has 2 aromatic rings. The second-order valence-electron chi connectivity index (χ2n) is 6.65. The van der Waals surface area contributed by atoms with Crippen molar-refractivity contribution in [1.82, 2.24) is 15.7 Å². The number of nitrogens with one attached hydrogen (secondary N) is 2. The number of benzene rings is 2. The Morgan fingerprint density at radius 2 is 1.63 bits per heavy atom. The average Bonchev–Trinajstić information content (AvgIpc) is 2.72. The van der Waals surface area contributed by atoms with Gasteiger partial charge in [-0.05, 0) is 55.6 Å². The predicted molar refractivity (Wildman–Crippen MR) is 107 cm³/mol. The number of amides is 1. The van der Waals surface area contributed by atoms with Crippen LogP contribution in [-0.4, -0.2) is 54.0 Å². The van der Waals surface area contributed by atoms with E-state index in [0.29, 0.717) is 5.56 Å². The Morgan fingerprint density at radius 3 is 2.11 bits per heavy atom. The molecular formula is C21H29N3O3. The van der Waals surface area contributed by atoms with Gasteiger partial charge in [-0.25, -0.2) is 0 Å². The molecule has 0 saturated carbocycles. The molecule has 0 aliphatic carbocycles. The van der Waals surface area contributed by atoms with E-state index in [0.717, 1.165) is 24.0 Å². The van der Waals surface area contributed by atoms with Crippen LogP contribution < -0.4 is 10.8 Å². The largest absolute Gasteiger partial charge is 0.396 e. The molecule has 2 atom stereocenters. The van der Waals surface area contributed by atoms with Gasteiger partial charge in [0.15, 0.2) is 0 Å². The maximum absolute atomic E-state index is 12.7. The molecule has 0 saturated heterocycles. The van der Waals surface area contributed by atoms with Crippen molar-refractivity contribution in [3.63, 3.8) is 0 Å². The number of hydroxylamine groups is 1. The Labute approximate surface area is 160 Å². The smallest absolute Gasteiger partial charge is 0.253 e. The minimum absolute atomic E-state index is 0.107. The molecule has 0 radical (unpaired) electrons. The van der Waals surface area contributed by atoms with Crippen molar-refractivity contribution < 1.29 is 15.1 Å². The van der Waals surface area contributed by atoms with Gasteiger partial charge in [0.2, 0.25) is 0 Å². The number of carbonyl (C=O) groups is 1. The fourth-order valence-electron chi connectivity index (χ4n) is 2.98. The molecule has 0 spiro atoms. The van der Waals surface area contributed by atoms with Gasteiger partial charge >= 0.3 is 0 Å². The minimum Gasteiger partial charge on any atom is -0.396 e. The van der Waals surface area contributed by atoms with Crippen molar-refractivity contribution in [2.75, 3.05) is 20.7 Å². The molecule has 2 rings (SSSR count). The summed E-state index contributed by atoms with van der Waals surface area (Å²) in [5.74, 6) is -0.107. The third kappa shape index (κ3) is 5.37. The van der Waals surface area contributed by atoms with Crippen LogP contribution in [0.3, 0.4) is 0 Å². The van der Waals surface area contributed by atoms with Gasteiger partial charge in [-0.3, -0.25) is 4.79 Å². The zero-order chi connectivity index (χ0) is 19.8. The average molecular weight is 371 g/mol. The highest BCUT2D eigenvalue weighted by Gasteiger charge is 2.23. The number of nitrogens with zero attached hydrogens (tertiary/aromatic N) is 1. The molecule has 6 nitrogen and oxygen atoms in total. The van der Waals surface area contributed by atoms with E-state index in [1.54, 1.807) is 19.0 Å². The molecule has 0 fully saturated rings. The van der Waals surface area contributed by atoms with Crippen molar-refractivity contribution in [2.24, 2.45) is 0 Å². The van der Waals surface area contributed by atoms with Gasteiger partial charge in [0, 0.05) is 19.2 Å². The molecular weight excluding hydrogens is 342 g/mol. The van der Waals surface area contributed by atoms with Gasteiger partial charge in [-0.15, -0.1) is 0 Å². The summed E-state index contributed by atoms with van der Waals surface area (Å²) >= 11 is 0. The van der Waals surface area contributed by atoms with E-state index in [9.17, 15) is 4.79 Å². The first-order valence-corrected chi connectivity index (χ1v) is 9.16. The fourth-order valence-corrected chi connectivity index (χ4v) is 2.98. The van der Waals surface area contributed by atoms with Crippen molar-refractivity contribution in [3.05, 3.63) is 59.7 Å². The van der Waals surface area contributed by atoms with Crippen molar-refractivity contribution in [3.8, 4) is 11.1 Å². The summed E-state index contributed by atoms with van der Waals surface area (Å²) in [6.07, 6.45) is 1.22. The van der Waals surface area contributed by atoms with Crippen LogP contribution in [0.4, 0.5) is 0 Å². The third-order valence-corrected chi connectivity index (χ3v) is 4.91. The summed E-state index contributed by atoms with van der Waals surface area (Å²) in [6, 6.07) is 15.5. The van der Waals surface area contributed by atoms with Crippen LogP contribution in [0.1, 0.15) is 29.3 Å². The summed E-state index contributed by atoms with van der Waals surface area (Å²) in [7, 11) is 3.43. The standard InChI is InChI=1S/C21H29N3O3/c1-15(20(22-2)23-27)24(3)21(26)19-12-10-18(11-13-19)17-8-6-16(7-9-17)5-4-14-25/h6-13,15,20,22-23,25,27H,4-5,14H2,1-3H3. The Morgan fingerprint density at radius 1 is 1.07 bits per heavy atom. The number of likely N-dealkylation sites (N-methyl/N-ethyl adjacent to an activating group) is 2. The molecule has 2 aromatic carbocycles. The summed E-state index contributed by atoms with van der Waals surface area (Å²) in [6.45, 7) is 2.06. The van der Waals surface area contributed by atoms with Crippen LogP contribution in [0.2, 0.25) is 0 Å². The van der Waals surface area contributed by atoms with Gasteiger partial charge in [0.05, 0.1) is 6.04 Å². The van der Waals surface area contributed by atoms with Crippen LogP contribution >= 0.6 is 0 Å². The predicted octanol–water partition coefficient (Wildman–Crippen LogP) is 2.26. The lowest BCUT2D eigenvalue weighted by Gasteiger charge is -2.31. The van der Waals surface area contributed by atoms with E-state index >= 15 is 0 Å². The number of aryl methyl sites for hydroxylation is 1. The van der Waals surface area contributed by atoms with Crippen LogP contribution in [0.15, 0.2) is 48.5 Å². The van der Waals surface area contributed by atoms with Gasteiger partial charge in [0.25, 0.3) is 5.91 Å². The molecule has 6 heteroatoms. The number of hydrogen-bond donors (Lipinski definition) is 4. The number of aliphatic hydroxyl groups excluding tert-OH is 1. The Hall–Kier alpha value is -2.25. The summed E-state index contributed by atoms with van der Waals surface area (Å²) in [5.41, 5.74) is 6.10. The quantitative estimate of drug-likeness (QED) is 0.401. The van der Waals surface area contributed by atoms with Crippen LogP contribution in [-0.2, 0) is 6.42 Å². The first-order chi connectivity index (χ1) is 13.0. The second kappa shape index (κ2) is 10.2. The molecule has 0 aliphatic heterocycles. The molecule has 4 N–H and O–H groups in total. The van der Waals surface area contributed by atoms with Gasteiger partial charge in [-0.1, -0.05) is 36.4 Å². The summed E-state index contributed by atoms with van der Waals surface area (Å²) < 4.78 is 0. The van der Waals surface area contributed by atoms with E-state index in [1.807, 2.05) is 31.2 Å². The molecule has 146 valence electrons. The lowest BCUT2D eigenvalue weighted by molar-refractivity contribution is 0.0493. The van der Waals surface area contributed by atoms with E-state index in [1.165, 1.54) is 5.56 Å². The second-order valence-corrected chi connectivity index (χ2v) is 6.65. The van der Waals surface area contributed by atoms with Crippen molar-refractivity contribution >= 4 is 5.91 Å². The van der Waals surface area contributed by atoms with E-state index in [-0.39, 0.29) is 18.6 Å². The van der Waals surface area contributed by atoms with Crippen LogP contribution in [0.5, 0.6) is 0 Å². The highest BCUT2D eigenvalue weighted by Crippen LogP contribution is 2.21. The monoisotopic (exact) mass is 371 g/mol. The minimum atomic E-state index is -0.414. The molecule has 2 unspecified atom stereocenters. The molecule has 0 aromatic heterocycles. The zero-order valence-corrected chi connectivity index (χ0v) is 16.1. The third-order valence-electron chi connectivity index (χ3n) is 4.91. The normalized spacial score (nSPS) is 13.2. The maximum atomic E-state index is 12.7. The van der Waals surface area contributed by atoms with E-state index < -0.39 is 6.17 Å². The molecule has 1 amide bonds. The maximum Gasteiger partial charge on any atom is 0.253 e. The van der Waals surface area contributed by atoms with Gasteiger partial charge in [-0.2, -0.15) is 5.48 Å². The van der Waals surface area contributed by atoms with E-state index in [4.69, 9.17) is 10.3 Å². The van der Waals surface area contributed by atoms with Gasteiger partial charge in [0.1, 0.15) is 6.17 Å². The van der Waals surface area contributed by atoms with E-state index in [2.05, 4.69) is 35.1 Å². The number of hydrogen-bond acceptors (Lipinski definition) is 5. The molecule has 27 heavy (non-hydrogen) atoms. The Balaban J connectivity index is 2.08. The fraction of sp³-hybridized carbons (Fsp3) is 0.381. The zero-order valence-electron chi connectivity index (χ0n) is 16.1.